The van der Waals surface area contributed by atoms with Crippen LogP contribution in [-0.4, -0.2) is 108 Å². The highest BCUT2D eigenvalue weighted by Gasteiger charge is 2.40. The molecular weight excluding hydrogens is 805 g/mol. The van der Waals surface area contributed by atoms with E-state index in [1.54, 1.807) is 0 Å². The summed E-state index contributed by atoms with van der Waals surface area (Å²) in [6, 6.07) is 12.6. The van der Waals surface area contributed by atoms with Crippen LogP contribution in [0.3, 0.4) is 0 Å². The Morgan fingerprint density at radius 3 is 2.05 bits per heavy atom. The number of rotatable bonds is 14. The molecule has 0 bridgehead atoms. The first-order valence-electron chi connectivity index (χ1n) is 22.6. The average Bonchev–Trinajstić information content (AvgIpc) is 3.77. The molecule has 342 valence electrons. The normalized spacial score (nSPS) is 23.7. The van der Waals surface area contributed by atoms with Crippen LogP contribution in [-0.2, 0) is 46.4 Å². The molecule has 6 atom stereocenters. The van der Waals surface area contributed by atoms with E-state index in [0.717, 1.165) is 43.2 Å². The molecule has 10 N–H and O–H groups in total. The van der Waals surface area contributed by atoms with Gasteiger partial charge in [0, 0.05) is 33.0 Å². The van der Waals surface area contributed by atoms with E-state index in [2.05, 4.69) is 36.9 Å². The van der Waals surface area contributed by atoms with Crippen molar-refractivity contribution in [2.75, 3.05) is 19.6 Å². The number of nitrogens with two attached hydrogens (primary N) is 2. The number of hydrogen-bond acceptors (Lipinski definition) is 8. The number of carbonyl (C=O) groups is 7. The summed E-state index contributed by atoms with van der Waals surface area (Å²) in [5.41, 5.74) is 12.8. The lowest BCUT2D eigenvalue weighted by Gasteiger charge is -2.32. The maximum Gasteiger partial charge on any atom is 0.245 e. The number of guanidine groups is 1. The highest BCUT2D eigenvalue weighted by molar-refractivity contribution is 5.97. The lowest BCUT2D eigenvalue weighted by atomic mass is 9.84. The minimum absolute atomic E-state index is 0.0822. The molecular formula is C46H66N10O7. The summed E-state index contributed by atoms with van der Waals surface area (Å²) in [7, 11) is 0. The Kier molecular flexibility index (Phi) is 18.8. The van der Waals surface area contributed by atoms with Gasteiger partial charge in [-0.25, -0.2) is 0 Å². The zero-order valence-corrected chi connectivity index (χ0v) is 36.4. The van der Waals surface area contributed by atoms with Crippen LogP contribution < -0.4 is 43.4 Å². The van der Waals surface area contributed by atoms with Gasteiger partial charge in [-0.15, -0.1) is 0 Å². The van der Waals surface area contributed by atoms with Gasteiger partial charge in [-0.05, 0) is 74.8 Å². The maximum absolute atomic E-state index is 14.5. The minimum Gasteiger partial charge on any atom is -0.370 e. The van der Waals surface area contributed by atoms with Crippen LogP contribution in [0.5, 0.6) is 0 Å². The lowest BCUT2D eigenvalue weighted by molar-refractivity contribution is -0.143. The molecule has 63 heavy (non-hydrogen) atoms. The van der Waals surface area contributed by atoms with E-state index < -0.39 is 77.6 Å². The van der Waals surface area contributed by atoms with Crippen LogP contribution >= 0.6 is 0 Å². The van der Waals surface area contributed by atoms with Crippen molar-refractivity contribution >= 4 is 47.3 Å². The lowest BCUT2D eigenvalue weighted by Crippen LogP contribution is -2.60. The van der Waals surface area contributed by atoms with Crippen LogP contribution in [0.25, 0.3) is 0 Å². The third kappa shape index (κ3) is 15.4. The van der Waals surface area contributed by atoms with Gasteiger partial charge in [-0.1, -0.05) is 92.8 Å². The van der Waals surface area contributed by atoms with Crippen molar-refractivity contribution in [3.8, 4) is 0 Å². The summed E-state index contributed by atoms with van der Waals surface area (Å²) in [5.74, 6) is -3.46. The van der Waals surface area contributed by atoms with E-state index in [9.17, 15) is 33.6 Å². The number of carbonyl (C=O) groups excluding carboxylic acids is 7. The second kappa shape index (κ2) is 24.6. The molecule has 2 aromatic carbocycles. The Labute approximate surface area is 370 Å². The molecule has 2 saturated heterocycles. The van der Waals surface area contributed by atoms with Gasteiger partial charge >= 0.3 is 0 Å². The molecule has 3 fully saturated rings. The summed E-state index contributed by atoms with van der Waals surface area (Å²) in [5, 5.41) is 17.3. The van der Waals surface area contributed by atoms with Gasteiger partial charge < -0.3 is 48.3 Å². The topological polar surface area (TPSA) is 259 Å². The number of aliphatic imine (C=N–C) groups is 1. The van der Waals surface area contributed by atoms with Crippen molar-refractivity contribution in [1.29, 1.82) is 0 Å². The molecule has 17 nitrogen and oxygen atoms in total. The SMILES string of the molecule is CC(=O)N[C@@H](Cc1ccccc1)C(=O)N[C@H]1CCCNC(=O)[C@H](CCCN=C(N)N)NC(=O)[C@H](CCc2ccccc2)NC(=O)[C@@H](CC2CCCCC2)NC(=O)[C@@H]2CCCN2C1=O. The van der Waals surface area contributed by atoms with Crippen molar-refractivity contribution in [2.45, 2.75) is 139 Å². The Balaban J connectivity index is 1.45. The van der Waals surface area contributed by atoms with E-state index in [0.29, 0.717) is 32.1 Å². The number of fused-ring (bicyclic) bond motifs is 1. The highest BCUT2D eigenvalue weighted by Crippen LogP contribution is 2.28. The fourth-order valence-electron chi connectivity index (χ4n) is 8.78. The predicted molar refractivity (Wildman–Crippen MR) is 238 cm³/mol. The zero-order chi connectivity index (χ0) is 45.1. The first-order valence-corrected chi connectivity index (χ1v) is 22.6. The van der Waals surface area contributed by atoms with Gasteiger partial charge in [-0.3, -0.25) is 38.6 Å². The van der Waals surface area contributed by atoms with Gasteiger partial charge in [0.25, 0.3) is 0 Å². The highest BCUT2D eigenvalue weighted by atomic mass is 16.2. The van der Waals surface area contributed by atoms with Crippen LogP contribution in [0, 0.1) is 5.92 Å². The summed E-state index contributed by atoms with van der Waals surface area (Å²) in [4.78, 5) is 103. The van der Waals surface area contributed by atoms with Gasteiger partial charge in [0.05, 0.1) is 0 Å². The fraction of sp³-hybridized carbons (Fsp3) is 0.565. The van der Waals surface area contributed by atoms with E-state index in [1.807, 2.05) is 60.7 Å². The third-order valence-electron chi connectivity index (χ3n) is 12.1. The van der Waals surface area contributed by atoms with Crippen LogP contribution in [0.1, 0.15) is 102 Å². The minimum atomic E-state index is -1.12. The molecule has 2 aliphatic heterocycles. The summed E-state index contributed by atoms with van der Waals surface area (Å²) < 4.78 is 0. The van der Waals surface area contributed by atoms with Gasteiger partial charge in [-0.2, -0.15) is 0 Å². The second-order valence-corrected chi connectivity index (χ2v) is 17.0. The molecule has 0 aromatic heterocycles. The Bertz CT molecular complexity index is 1890. The first-order chi connectivity index (χ1) is 30.4. The summed E-state index contributed by atoms with van der Waals surface area (Å²) >= 11 is 0. The predicted octanol–water partition coefficient (Wildman–Crippen LogP) is 1.23. The number of aryl methyl sites for hydroxylation is 1. The molecule has 2 heterocycles. The number of nitrogens with zero attached hydrogens (tertiary/aromatic N) is 2. The molecule has 3 aliphatic rings. The summed E-state index contributed by atoms with van der Waals surface area (Å²) in [6.07, 6.45) is 7.83. The Morgan fingerprint density at radius 2 is 1.38 bits per heavy atom. The zero-order valence-electron chi connectivity index (χ0n) is 36.4. The van der Waals surface area contributed by atoms with Gasteiger partial charge in [0.2, 0.25) is 41.4 Å². The molecule has 0 spiro atoms. The largest absolute Gasteiger partial charge is 0.370 e. The summed E-state index contributed by atoms with van der Waals surface area (Å²) in [6.45, 7) is 1.86. The quantitative estimate of drug-likeness (QED) is 0.0771. The Hall–Kier alpha value is -6.00. The maximum atomic E-state index is 14.5. The van der Waals surface area contributed by atoms with Crippen molar-refractivity contribution < 1.29 is 33.6 Å². The molecule has 1 aliphatic carbocycles. The van der Waals surface area contributed by atoms with Crippen LogP contribution in [0.2, 0.25) is 0 Å². The van der Waals surface area contributed by atoms with Crippen LogP contribution in [0.4, 0.5) is 0 Å². The van der Waals surface area contributed by atoms with E-state index in [1.165, 1.54) is 11.8 Å². The van der Waals surface area contributed by atoms with E-state index in [-0.39, 0.29) is 63.6 Å². The van der Waals surface area contributed by atoms with Crippen molar-refractivity contribution in [1.82, 2.24) is 36.8 Å². The van der Waals surface area contributed by atoms with Crippen LogP contribution in [0.15, 0.2) is 65.7 Å². The first kappa shape index (κ1) is 48.0. The average molecular weight is 871 g/mol. The molecule has 7 amide bonds. The van der Waals surface area contributed by atoms with E-state index in [4.69, 9.17) is 11.5 Å². The number of benzene rings is 2. The van der Waals surface area contributed by atoms with Gasteiger partial charge in [0.15, 0.2) is 5.96 Å². The number of amides is 7. The van der Waals surface area contributed by atoms with E-state index >= 15 is 0 Å². The van der Waals surface area contributed by atoms with Crippen molar-refractivity contribution in [3.63, 3.8) is 0 Å². The fourth-order valence-corrected chi connectivity index (χ4v) is 8.78. The molecule has 1 saturated carbocycles. The third-order valence-corrected chi connectivity index (χ3v) is 12.1. The molecule has 0 unspecified atom stereocenters. The number of nitrogens with one attached hydrogen (secondary N) is 6. The molecule has 0 radical (unpaired) electrons. The molecule has 5 rings (SSSR count). The standard InChI is InChI=1S/C46H66N10O7/c1-30(57)51-37(28-32-16-7-3-8-17-32)42(60)54-36-21-12-25-49-40(58)34(20-11-26-50-46(47)48)52-41(59)35(24-23-31-14-5-2-6-15-31)53-43(61)38(29-33-18-9-4-10-19-33)55-44(62)39-22-13-27-56(39)45(36)63/h2-3,5-8,14-17,33-39H,4,9-13,18-29H2,1H3,(H,49,58)(H,51,57)(H,52,59)(H,53,61)(H,54,60)(H,55,62)(H4,47,48,50)/t34-,35-,36-,37-,38+,39-/m0/s1. The van der Waals surface area contributed by atoms with Crippen molar-refractivity contribution in [3.05, 3.63) is 71.8 Å². The Morgan fingerprint density at radius 1 is 0.746 bits per heavy atom. The monoisotopic (exact) mass is 871 g/mol. The second-order valence-electron chi connectivity index (χ2n) is 17.0. The number of hydrogen-bond donors (Lipinski definition) is 8. The smallest absolute Gasteiger partial charge is 0.245 e. The molecule has 17 heteroatoms. The molecule has 2 aromatic rings. The van der Waals surface area contributed by atoms with Gasteiger partial charge in [0.1, 0.15) is 36.3 Å². The van der Waals surface area contributed by atoms with Crippen molar-refractivity contribution in [2.24, 2.45) is 22.4 Å².